The minimum Gasteiger partial charge on any atom is -0.497 e. The molecule has 1 aliphatic heterocycles. The van der Waals surface area contributed by atoms with Crippen molar-refractivity contribution in [1.82, 2.24) is 9.88 Å². The molecule has 6 nitrogen and oxygen atoms in total. The SMILES string of the molecule is COc1ccc(NC(=O)C(C)N2C(=O)c3ccccc3C2c2c[nH]c3ccccc23)cc1. The second kappa shape index (κ2) is 7.89. The molecule has 3 aromatic carbocycles. The van der Waals surface area contributed by atoms with E-state index in [1.165, 1.54) is 0 Å². The summed E-state index contributed by atoms with van der Waals surface area (Å²) < 4.78 is 5.17. The Hall–Kier alpha value is -4.06. The molecule has 4 aromatic rings. The zero-order chi connectivity index (χ0) is 22.2. The third kappa shape index (κ3) is 3.21. The Morgan fingerprint density at radius 1 is 1.00 bits per heavy atom. The molecular formula is C26H23N3O3. The number of rotatable bonds is 5. The fourth-order valence-corrected chi connectivity index (χ4v) is 4.42. The van der Waals surface area contributed by atoms with Crippen molar-refractivity contribution in [2.24, 2.45) is 0 Å². The van der Waals surface area contributed by atoms with Gasteiger partial charge in [0.05, 0.1) is 13.2 Å². The molecule has 1 aromatic heterocycles. The predicted molar refractivity (Wildman–Crippen MR) is 124 cm³/mol. The molecule has 0 aliphatic carbocycles. The van der Waals surface area contributed by atoms with Gasteiger partial charge in [-0.15, -0.1) is 0 Å². The highest BCUT2D eigenvalue weighted by atomic mass is 16.5. The van der Waals surface area contributed by atoms with Gasteiger partial charge in [-0.3, -0.25) is 9.59 Å². The molecule has 160 valence electrons. The van der Waals surface area contributed by atoms with E-state index in [4.69, 9.17) is 4.74 Å². The van der Waals surface area contributed by atoms with Gasteiger partial charge in [0, 0.05) is 33.9 Å². The normalized spacial score (nSPS) is 16.1. The number of methoxy groups -OCH3 is 1. The topological polar surface area (TPSA) is 74.4 Å². The van der Waals surface area contributed by atoms with E-state index in [2.05, 4.69) is 10.3 Å². The maximum absolute atomic E-state index is 13.4. The Bertz CT molecular complexity index is 1310. The number of hydrogen-bond donors (Lipinski definition) is 2. The van der Waals surface area contributed by atoms with E-state index in [1.54, 1.807) is 43.2 Å². The minimum absolute atomic E-state index is 0.145. The van der Waals surface area contributed by atoms with E-state index in [9.17, 15) is 9.59 Å². The molecule has 2 heterocycles. The maximum Gasteiger partial charge on any atom is 0.255 e. The summed E-state index contributed by atoms with van der Waals surface area (Å²) in [6, 6.07) is 21.7. The van der Waals surface area contributed by atoms with Crippen LogP contribution in [0.15, 0.2) is 79.0 Å². The first-order chi connectivity index (χ1) is 15.6. The summed E-state index contributed by atoms with van der Waals surface area (Å²) in [6.45, 7) is 1.77. The number of aromatic amines is 1. The number of carbonyl (C=O) groups is 2. The molecule has 2 N–H and O–H groups in total. The second-order valence-electron chi connectivity index (χ2n) is 7.89. The third-order valence-corrected chi connectivity index (χ3v) is 6.07. The number of amides is 2. The summed E-state index contributed by atoms with van der Waals surface area (Å²) in [6.07, 6.45) is 1.94. The number of carbonyl (C=O) groups excluding carboxylic acids is 2. The summed E-state index contributed by atoms with van der Waals surface area (Å²) in [7, 11) is 1.59. The van der Waals surface area contributed by atoms with Gasteiger partial charge in [0.2, 0.25) is 5.91 Å². The van der Waals surface area contributed by atoms with Crippen molar-refractivity contribution in [2.75, 3.05) is 12.4 Å². The van der Waals surface area contributed by atoms with Crippen molar-refractivity contribution >= 4 is 28.4 Å². The highest BCUT2D eigenvalue weighted by Gasteiger charge is 2.43. The number of nitrogens with one attached hydrogen (secondary N) is 2. The first kappa shape index (κ1) is 19.9. The Balaban J connectivity index is 1.52. The molecule has 2 atom stereocenters. The van der Waals surface area contributed by atoms with E-state index < -0.39 is 6.04 Å². The van der Waals surface area contributed by atoms with E-state index in [-0.39, 0.29) is 17.9 Å². The smallest absolute Gasteiger partial charge is 0.255 e. The van der Waals surface area contributed by atoms with Gasteiger partial charge < -0.3 is 19.9 Å². The van der Waals surface area contributed by atoms with E-state index >= 15 is 0 Å². The van der Waals surface area contributed by atoms with Crippen molar-refractivity contribution in [3.63, 3.8) is 0 Å². The van der Waals surface area contributed by atoms with Gasteiger partial charge in [0.25, 0.3) is 5.91 Å². The van der Waals surface area contributed by atoms with Crippen LogP contribution in [0.25, 0.3) is 10.9 Å². The van der Waals surface area contributed by atoms with Gasteiger partial charge in [-0.25, -0.2) is 0 Å². The zero-order valence-corrected chi connectivity index (χ0v) is 17.8. The van der Waals surface area contributed by atoms with Crippen molar-refractivity contribution in [2.45, 2.75) is 19.0 Å². The molecule has 32 heavy (non-hydrogen) atoms. The van der Waals surface area contributed by atoms with Gasteiger partial charge >= 0.3 is 0 Å². The molecule has 0 saturated carbocycles. The van der Waals surface area contributed by atoms with Crippen molar-refractivity contribution < 1.29 is 14.3 Å². The molecule has 0 fully saturated rings. The number of H-pyrrole nitrogens is 1. The lowest BCUT2D eigenvalue weighted by Crippen LogP contribution is -2.44. The lowest BCUT2D eigenvalue weighted by Gasteiger charge is -2.30. The number of ether oxygens (including phenoxy) is 1. The highest BCUT2D eigenvalue weighted by molar-refractivity contribution is 6.05. The predicted octanol–water partition coefficient (Wildman–Crippen LogP) is 4.75. The highest BCUT2D eigenvalue weighted by Crippen LogP contribution is 2.42. The number of fused-ring (bicyclic) bond motifs is 2. The second-order valence-corrected chi connectivity index (χ2v) is 7.89. The number of para-hydroxylation sites is 1. The van der Waals surface area contributed by atoms with E-state index in [1.807, 2.05) is 54.7 Å². The van der Waals surface area contributed by atoms with Crippen LogP contribution in [0, 0.1) is 0 Å². The van der Waals surface area contributed by atoms with Gasteiger partial charge in [-0.2, -0.15) is 0 Å². The van der Waals surface area contributed by atoms with Crippen molar-refractivity contribution in [3.05, 3.63) is 95.7 Å². The summed E-state index contributed by atoms with van der Waals surface area (Å²) in [5.74, 6) is 0.315. The summed E-state index contributed by atoms with van der Waals surface area (Å²) >= 11 is 0. The molecule has 5 rings (SSSR count). The number of nitrogens with zero attached hydrogens (tertiary/aromatic N) is 1. The summed E-state index contributed by atoms with van der Waals surface area (Å²) in [5, 5.41) is 3.96. The molecule has 2 unspecified atom stereocenters. The van der Waals surface area contributed by atoms with Gasteiger partial charge in [0.15, 0.2) is 0 Å². The van der Waals surface area contributed by atoms with Crippen LogP contribution in [0.5, 0.6) is 5.75 Å². The molecule has 0 saturated heterocycles. The van der Waals surface area contributed by atoms with Crippen LogP contribution in [0.1, 0.15) is 34.5 Å². The van der Waals surface area contributed by atoms with Gasteiger partial charge in [-0.05, 0) is 48.9 Å². The van der Waals surface area contributed by atoms with Crippen LogP contribution < -0.4 is 10.1 Å². The van der Waals surface area contributed by atoms with Crippen molar-refractivity contribution in [3.8, 4) is 5.75 Å². The maximum atomic E-state index is 13.4. The molecule has 0 radical (unpaired) electrons. The number of benzene rings is 3. The molecule has 0 bridgehead atoms. The van der Waals surface area contributed by atoms with Gasteiger partial charge in [0.1, 0.15) is 11.8 Å². The zero-order valence-electron chi connectivity index (χ0n) is 17.8. The average molecular weight is 425 g/mol. The Kier molecular flexibility index (Phi) is 4.90. The largest absolute Gasteiger partial charge is 0.497 e. The van der Waals surface area contributed by atoms with Crippen LogP contribution in [0.2, 0.25) is 0 Å². The number of hydrogen-bond acceptors (Lipinski definition) is 3. The average Bonchev–Trinajstić information content (AvgIpc) is 3.38. The molecular weight excluding hydrogens is 402 g/mol. The van der Waals surface area contributed by atoms with Crippen LogP contribution in [-0.4, -0.2) is 34.8 Å². The quantitative estimate of drug-likeness (QED) is 0.485. The Morgan fingerprint density at radius 3 is 2.50 bits per heavy atom. The summed E-state index contributed by atoms with van der Waals surface area (Å²) in [4.78, 5) is 31.6. The number of anilines is 1. The lowest BCUT2D eigenvalue weighted by molar-refractivity contribution is -0.120. The molecule has 2 amide bonds. The Labute approximate surface area is 185 Å². The minimum atomic E-state index is -0.685. The fraction of sp³-hybridized carbons (Fsp3) is 0.154. The van der Waals surface area contributed by atoms with Gasteiger partial charge in [-0.1, -0.05) is 36.4 Å². The van der Waals surface area contributed by atoms with Crippen LogP contribution in [0.3, 0.4) is 0 Å². The van der Waals surface area contributed by atoms with Crippen LogP contribution >= 0.6 is 0 Å². The standard InChI is InChI=1S/C26H23N3O3/c1-16(25(30)28-17-11-13-18(32-2)14-12-17)29-24(20-8-3-4-9-21(20)26(29)31)22-15-27-23-10-6-5-7-19(22)23/h3-16,24,27H,1-2H3,(H,28,30). The van der Waals surface area contributed by atoms with Crippen LogP contribution in [0.4, 0.5) is 5.69 Å². The fourth-order valence-electron chi connectivity index (χ4n) is 4.42. The molecule has 0 spiro atoms. The Morgan fingerprint density at radius 2 is 1.72 bits per heavy atom. The third-order valence-electron chi connectivity index (χ3n) is 6.07. The monoisotopic (exact) mass is 425 g/mol. The first-order valence-corrected chi connectivity index (χ1v) is 10.5. The molecule has 6 heteroatoms. The molecule has 1 aliphatic rings. The summed E-state index contributed by atoms with van der Waals surface area (Å²) in [5.41, 5.74) is 4.16. The van der Waals surface area contributed by atoms with Crippen molar-refractivity contribution in [1.29, 1.82) is 0 Å². The van der Waals surface area contributed by atoms with E-state index in [0.29, 0.717) is 17.0 Å². The number of aromatic nitrogens is 1. The van der Waals surface area contributed by atoms with E-state index in [0.717, 1.165) is 22.0 Å². The first-order valence-electron chi connectivity index (χ1n) is 10.5. The lowest BCUT2D eigenvalue weighted by atomic mass is 9.97. The van der Waals surface area contributed by atoms with Crippen LogP contribution in [-0.2, 0) is 4.79 Å².